The molecule has 1 saturated heterocycles. The van der Waals surface area contributed by atoms with E-state index in [9.17, 15) is 4.79 Å². The van der Waals surface area contributed by atoms with E-state index in [1.807, 2.05) is 43.7 Å². The van der Waals surface area contributed by atoms with Crippen LogP contribution in [0.1, 0.15) is 17.5 Å². The van der Waals surface area contributed by atoms with Gasteiger partial charge in [-0.1, -0.05) is 24.3 Å². The van der Waals surface area contributed by atoms with Crippen molar-refractivity contribution >= 4 is 10.9 Å². The number of aryl methyl sites for hydroxylation is 1. The summed E-state index contributed by atoms with van der Waals surface area (Å²) in [5, 5.41) is 1.13. The van der Waals surface area contributed by atoms with Crippen molar-refractivity contribution in [2.24, 2.45) is 7.05 Å². The second kappa shape index (κ2) is 8.03. The van der Waals surface area contributed by atoms with E-state index in [2.05, 4.69) is 33.0 Å². The Morgan fingerprint density at radius 2 is 1.74 bits per heavy atom. The number of para-hydroxylation sites is 1. The Bertz CT molecular complexity index is 967. The molecule has 1 aliphatic rings. The number of hydrogen-bond acceptors (Lipinski definition) is 4. The van der Waals surface area contributed by atoms with Crippen molar-refractivity contribution < 1.29 is 0 Å². The molecule has 0 bridgehead atoms. The number of aromatic nitrogens is 2. The Kier molecular flexibility index (Phi) is 5.32. The summed E-state index contributed by atoms with van der Waals surface area (Å²) in [5.74, 6) is 0. The number of nitrogens with zero attached hydrogens (tertiary/aromatic N) is 4. The van der Waals surface area contributed by atoms with Crippen molar-refractivity contribution in [2.45, 2.75) is 19.5 Å². The van der Waals surface area contributed by atoms with Crippen molar-refractivity contribution in [3.8, 4) is 0 Å². The highest BCUT2D eigenvalue weighted by atomic mass is 16.1. The zero-order valence-corrected chi connectivity index (χ0v) is 15.8. The van der Waals surface area contributed by atoms with E-state index in [1.165, 1.54) is 5.56 Å². The summed E-state index contributed by atoms with van der Waals surface area (Å²) in [7, 11) is 1.87. The molecule has 3 aromatic rings. The fraction of sp³-hybridized carbons (Fsp3) is 0.364. The number of fused-ring (bicyclic) bond motifs is 1. The first-order valence-electron chi connectivity index (χ1n) is 9.62. The van der Waals surface area contributed by atoms with Gasteiger partial charge in [0, 0.05) is 51.2 Å². The van der Waals surface area contributed by atoms with E-state index in [0.717, 1.165) is 62.2 Å². The highest BCUT2D eigenvalue weighted by Gasteiger charge is 2.17. The van der Waals surface area contributed by atoms with Gasteiger partial charge in [0.25, 0.3) is 5.56 Å². The van der Waals surface area contributed by atoms with Gasteiger partial charge in [0.15, 0.2) is 0 Å². The van der Waals surface area contributed by atoms with Crippen LogP contribution in [0, 0.1) is 0 Å². The Labute approximate surface area is 159 Å². The number of hydrogen-bond donors (Lipinski definition) is 0. The van der Waals surface area contributed by atoms with E-state index < -0.39 is 0 Å². The van der Waals surface area contributed by atoms with Gasteiger partial charge in [0.1, 0.15) is 0 Å². The normalized spacial score (nSPS) is 16.5. The first-order valence-corrected chi connectivity index (χ1v) is 9.62. The van der Waals surface area contributed by atoms with Crippen molar-refractivity contribution in [3.05, 3.63) is 76.3 Å². The molecule has 1 fully saturated rings. The van der Waals surface area contributed by atoms with Crippen LogP contribution in [0.15, 0.2) is 59.7 Å². The highest BCUT2D eigenvalue weighted by molar-refractivity contribution is 5.79. The van der Waals surface area contributed by atoms with Gasteiger partial charge in [-0.15, -0.1) is 0 Å². The molecule has 0 aliphatic carbocycles. The molecular weight excluding hydrogens is 336 g/mol. The van der Waals surface area contributed by atoms with E-state index in [-0.39, 0.29) is 5.56 Å². The third kappa shape index (κ3) is 4.10. The number of pyridine rings is 2. The summed E-state index contributed by atoms with van der Waals surface area (Å²) in [4.78, 5) is 21.9. The van der Waals surface area contributed by atoms with Crippen LogP contribution in [0.3, 0.4) is 0 Å². The molecule has 1 aromatic carbocycles. The average molecular weight is 362 g/mol. The second-order valence-electron chi connectivity index (χ2n) is 7.36. The van der Waals surface area contributed by atoms with Crippen molar-refractivity contribution in [2.75, 3.05) is 26.2 Å². The third-order valence-corrected chi connectivity index (χ3v) is 5.41. The summed E-state index contributed by atoms with van der Waals surface area (Å²) in [6, 6.07) is 14.3. The van der Waals surface area contributed by atoms with Crippen LogP contribution in [-0.4, -0.2) is 45.5 Å². The summed E-state index contributed by atoms with van der Waals surface area (Å²) in [6.45, 7) is 5.78. The molecule has 5 nitrogen and oxygen atoms in total. The van der Waals surface area contributed by atoms with E-state index in [1.54, 1.807) is 4.57 Å². The minimum Gasteiger partial charge on any atom is -0.311 e. The van der Waals surface area contributed by atoms with Gasteiger partial charge >= 0.3 is 0 Å². The zero-order chi connectivity index (χ0) is 18.6. The second-order valence-corrected chi connectivity index (χ2v) is 7.36. The molecule has 0 radical (unpaired) electrons. The van der Waals surface area contributed by atoms with Gasteiger partial charge in [0.05, 0.1) is 5.52 Å². The molecule has 2 aromatic heterocycles. The maximum atomic E-state index is 12.8. The SMILES string of the molecule is Cn1c(=O)c(CN2CCCN(Cc3cccnc3)CC2)cc2ccccc21. The smallest absolute Gasteiger partial charge is 0.255 e. The lowest BCUT2D eigenvalue weighted by molar-refractivity contribution is 0.246. The zero-order valence-electron chi connectivity index (χ0n) is 15.8. The Hall–Kier alpha value is -2.50. The lowest BCUT2D eigenvalue weighted by Gasteiger charge is -2.22. The van der Waals surface area contributed by atoms with Crippen LogP contribution >= 0.6 is 0 Å². The Morgan fingerprint density at radius 1 is 0.963 bits per heavy atom. The van der Waals surface area contributed by atoms with Crippen LogP contribution < -0.4 is 5.56 Å². The molecule has 0 spiro atoms. The van der Waals surface area contributed by atoms with Crippen molar-refractivity contribution in [1.82, 2.24) is 19.4 Å². The molecule has 0 unspecified atom stereocenters. The summed E-state index contributed by atoms with van der Waals surface area (Å²) < 4.78 is 1.77. The van der Waals surface area contributed by atoms with Gasteiger partial charge in [-0.3, -0.25) is 19.6 Å². The Balaban J connectivity index is 1.45. The van der Waals surface area contributed by atoms with Crippen LogP contribution in [0.4, 0.5) is 0 Å². The van der Waals surface area contributed by atoms with Gasteiger partial charge in [-0.05, 0) is 48.7 Å². The van der Waals surface area contributed by atoms with E-state index in [0.29, 0.717) is 0 Å². The van der Waals surface area contributed by atoms with Crippen LogP contribution in [0.2, 0.25) is 0 Å². The van der Waals surface area contributed by atoms with Gasteiger partial charge in [-0.25, -0.2) is 0 Å². The molecule has 0 saturated carbocycles. The maximum Gasteiger partial charge on any atom is 0.255 e. The molecule has 140 valence electrons. The minimum absolute atomic E-state index is 0.116. The summed E-state index contributed by atoms with van der Waals surface area (Å²) in [5.41, 5.74) is 3.25. The number of rotatable bonds is 4. The molecule has 5 heteroatoms. The molecule has 0 amide bonds. The quantitative estimate of drug-likeness (QED) is 0.716. The third-order valence-electron chi connectivity index (χ3n) is 5.41. The van der Waals surface area contributed by atoms with Crippen LogP contribution in [0.5, 0.6) is 0 Å². The van der Waals surface area contributed by atoms with Crippen LogP contribution in [0.25, 0.3) is 10.9 Å². The topological polar surface area (TPSA) is 41.4 Å². The molecule has 0 N–H and O–H groups in total. The van der Waals surface area contributed by atoms with E-state index >= 15 is 0 Å². The van der Waals surface area contributed by atoms with Gasteiger partial charge in [-0.2, -0.15) is 0 Å². The predicted molar refractivity (Wildman–Crippen MR) is 109 cm³/mol. The molecule has 3 heterocycles. The first kappa shape index (κ1) is 17.9. The fourth-order valence-electron chi connectivity index (χ4n) is 3.93. The number of benzene rings is 1. The van der Waals surface area contributed by atoms with Crippen molar-refractivity contribution in [1.29, 1.82) is 0 Å². The predicted octanol–water partition coefficient (Wildman–Crippen LogP) is 2.64. The lowest BCUT2D eigenvalue weighted by Crippen LogP contribution is -2.33. The molecule has 1 aliphatic heterocycles. The minimum atomic E-state index is 0.116. The molecule has 0 atom stereocenters. The van der Waals surface area contributed by atoms with Gasteiger partial charge < -0.3 is 4.57 Å². The first-order chi connectivity index (χ1) is 13.2. The molecular formula is C22H26N4O. The Morgan fingerprint density at radius 3 is 2.52 bits per heavy atom. The average Bonchev–Trinajstić information content (AvgIpc) is 2.92. The summed E-state index contributed by atoms with van der Waals surface area (Å²) >= 11 is 0. The summed E-state index contributed by atoms with van der Waals surface area (Å²) in [6.07, 6.45) is 4.88. The standard InChI is InChI=1S/C22H26N4O/c1-24-21-8-3-2-7-19(21)14-20(22(24)27)17-26-11-5-10-25(12-13-26)16-18-6-4-9-23-15-18/h2-4,6-9,14-15H,5,10-13,16-17H2,1H3. The molecule has 4 rings (SSSR count). The van der Waals surface area contributed by atoms with Crippen LogP contribution in [-0.2, 0) is 20.1 Å². The maximum absolute atomic E-state index is 12.8. The van der Waals surface area contributed by atoms with Crippen molar-refractivity contribution in [3.63, 3.8) is 0 Å². The molecule has 27 heavy (non-hydrogen) atoms. The fourth-order valence-corrected chi connectivity index (χ4v) is 3.93. The monoisotopic (exact) mass is 362 g/mol. The largest absolute Gasteiger partial charge is 0.311 e. The van der Waals surface area contributed by atoms with Gasteiger partial charge in [0.2, 0.25) is 0 Å². The lowest BCUT2D eigenvalue weighted by atomic mass is 10.1. The highest BCUT2D eigenvalue weighted by Crippen LogP contribution is 2.15. The van der Waals surface area contributed by atoms with E-state index in [4.69, 9.17) is 0 Å².